The first-order valence-corrected chi connectivity index (χ1v) is 5.87. The molecule has 1 fully saturated rings. The lowest BCUT2D eigenvalue weighted by Gasteiger charge is -2.38. The third-order valence-electron chi connectivity index (χ3n) is 3.78. The lowest BCUT2D eigenvalue weighted by Crippen LogP contribution is -2.44. The van der Waals surface area contributed by atoms with Gasteiger partial charge >= 0.3 is 11.9 Å². The van der Waals surface area contributed by atoms with Crippen molar-refractivity contribution in [3.05, 3.63) is 0 Å². The van der Waals surface area contributed by atoms with Gasteiger partial charge in [0.2, 0.25) is 0 Å². The number of hydrogen-bond acceptors (Lipinski definition) is 4. The molecule has 4 nitrogen and oxygen atoms in total. The summed E-state index contributed by atoms with van der Waals surface area (Å²) in [6.45, 7) is 11.6. The molecule has 1 unspecified atom stereocenters. The van der Waals surface area contributed by atoms with Crippen molar-refractivity contribution >= 4 is 11.9 Å². The van der Waals surface area contributed by atoms with Crippen LogP contribution in [0.25, 0.3) is 0 Å². The predicted octanol–water partition coefficient (Wildman–Crippen LogP) is 2.31. The van der Waals surface area contributed by atoms with Gasteiger partial charge < -0.3 is 9.47 Å². The van der Waals surface area contributed by atoms with Crippen molar-refractivity contribution in [3.63, 3.8) is 0 Å². The molecule has 4 heteroatoms. The smallest absolute Gasteiger partial charge is 0.312 e. The zero-order valence-corrected chi connectivity index (χ0v) is 11.5. The number of esters is 2. The number of hydrogen-bond donors (Lipinski definition) is 0. The van der Waals surface area contributed by atoms with E-state index in [0.717, 1.165) is 0 Å². The maximum absolute atomic E-state index is 12.2. The maximum Gasteiger partial charge on any atom is 0.312 e. The Morgan fingerprint density at radius 3 is 2.18 bits per heavy atom. The van der Waals surface area contributed by atoms with Gasteiger partial charge in [0.25, 0.3) is 0 Å². The quantitative estimate of drug-likeness (QED) is 0.697. The lowest BCUT2D eigenvalue weighted by atomic mass is 9.69. The SMILES string of the molecule is CC1(OC(=O)C(C)(C)C(C)(C)C)COC(=O)C1. The summed E-state index contributed by atoms with van der Waals surface area (Å²) in [5.41, 5.74) is -1.62. The van der Waals surface area contributed by atoms with E-state index in [0.29, 0.717) is 0 Å². The van der Waals surface area contributed by atoms with Gasteiger partial charge in [0.1, 0.15) is 6.61 Å². The van der Waals surface area contributed by atoms with Crippen molar-refractivity contribution in [2.75, 3.05) is 6.61 Å². The first-order valence-electron chi connectivity index (χ1n) is 5.87. The highest BCUT2D eigenvalue weighted by molar-refractivity contribution is 5.79. The summed E-state index contributed by atoms with van der Waals surface area (Å²) < 4.78 is 10.3. The van der Waals surface area contributed by atoms with E-state index in [4.69, 9.17) is 9.47 Å². The largest absolute Gasteiger partial charge is 0.461 e. The molecule has 1 atom stereocenters. The molecule has 1 heterocycles. The van der Waals surface area contributed by atoms with Crippen molar-refractivity contribution in [3.8, 4) is 0 Å². The second-order valence-electron chi connectivity index (χ2n) is 6.55. The van der Waals surface area contributed by atoms with E-state index in [1.54, 1.807) is 6.92 Å². The van der Waals surface area contributed by atoms with E-state index in [9.17, 15) is 9.59 Å². The molecule has 1 saturated heterocycles. The Labute approximate surface area is 103 Å². The molecule has 1 aliphatic heterocycles. The molecule has 0 bridgehead atoms. The van der Waals surface area contributed by atoms with Crippen molar-refractivity contribution in [2.24, 2.45) is 10.8 Å². The molecular weight excluding hydrogens is 220 g/mol. The van der Waals surface area contributed by atoms with Gasteiger partial charge in [-0.25, -0.2) is 0 Å². The van der Waals surface area contributed by atoms with Crippen LogP contribution in [0.15, 0.2) is 0 Å². The minimum atomic E-state index is -0.809. The second-order valence-corrected chi connectivity index (χ2v) is 6.55. The number of cyclic esters (lactones) is 1. The monoisotopic (exact) mass is 242 g/mol. The van der Waals surface area contributed by atoms with Gasteiger partial charge in [-0.1, -0.05) is 20.8 Å². The van der Waals surface area contributed by atoms with Gasteiger partial charge in [-0.3, -0.25) is 9.59 Å². The minimum Gasteiger partial charge on any atom is -0.461 e. The number of carbonyl (C=O) groups is 2. The zero-order chi connectivity index (χ0) is 13.5. The summed E-state index contributed by atoms with van der Waals surface area (Å²) in [6.07, 6.45) is 0.138. The normalized spacial score (nSPS) is 25.6. The Balaban J connectivity index is 2.76. The van der Waals surface area contributed by atoms with Crippen LogP contribution in [0.5, 0.6) is 0 Å². The molecule has 0 saturated carbocycles. The summed E-state index contributed by atoms with van der Waals surface area (Å²) in [5.74, 6) is -0.598. The van der Waals surface area contributed by atoms with Crippen LogP contribution in [0.4, 0.5) is 0 Å². The summed E-state index contributed by atoms with van der Waals surface area (Å²) in [5, 5.41) is 0. The summed E-state index contributed by atoms with van der Waals surface area (Å²) in [6, 6.07) is 0. The van der Waals surface area contributed by atoms with Crippen LogP contribution in [-0.4, -0.2) is 24.1 Å². The Hall–Kier alpha value is -1.06. The molecule has 0 aromatic heterocycles. The van der Waals surface area contributed by atoms with Crippen LogP contribution in [0.1, 0.15) is 48.0 Å². The summed E-state index contributed by atoms with van der Waals surface area (Å²) >= 11 is 0. The van der Waals surface area contributed by atoms with Crippen LogP contribution in [0, 0.1) is 10.8 Å². The van der Waals surface area contributed by atoms with Crippen LogP contribution in [0.2, 0.25) is 0 Å². The van der Waals surface area contributed by atoms with Crippen LogP contribution >= 0.6 is 0 Å². The first-order chi connectivity index (χ1) is 7.48. The van der Waals surface area contributed by atoms with Crippen LogP contribution in [0.3, 0.4) is 0 Å². The molecule has 0 aromatic rings. The molecule has 1 rings (SSSR count). The average Bonchev–Trinajstić information content (AvgIpc) is 2.43. The molecule has 0 radical (unpaired) electrons. The molecule has 0 spiro atoms. The lowest BCUT2D eigenvalue weighted by molar-refractivity contribution is -0.175. The zero-order valence-electron chi connectivity index (χ0n) is 11.5. The average molecular weight is 242 g/mol. The third kappa shape index (κ3) is 2.79. The van der Waals surface area contributed by atoms with Gasteiger partial charge in [0.15, 0.2) is 5.60 Å². The Morgan fingerprint density at radius 2 is 1.82 bits per heavy atom. The van der Waals surface area contributed by atoms with Crippen molar-refractivity contribution in [1.29, 1.82) is 0 Å². The number of rotatable bonds is 2. The van der Waals surface area contributed by atoms with E-state index < -0.39 is 11.0 Å². The highest BCUT2D eigenvalue weighted by Gasteiger charge is 2.46. The predicted molar refractivity (Wildman–Crippen MR) is 63.3 cm³/mol. The van der Waals surface area contributed by atoms with E-state index >= 15 is 0 Å². The van der Waals surface area contributed by atoms with Gasteiger partial charge in [-0.2, -0.15) is 0 Å². The molecule has 0 aromatic carbocycles. The highest BCUT2D eigenvalue weighted by Crippen LogP contribution is 2.40. The number of carbonyl (C=O) groups excluding carboxylic acids is 2. The summed E-state index contributed by atoms with van der Waals surface area (Å²) in [7, 11) is 0. The standard InChI is InChI=1S/C13H22O4/c1-11(2,3)12(4,5)10(15)17-13(6)7-9(14)16-8-13/h7-8H2,1-6H3. The van der Waals surface area contributed by atoms with Crippen LogP contribution in [-0.2, 0) is 19.1 Å². The van der Waals surface area contributed by atoms with Gasteiger partial charge in [0.05, 0.1) is 11.8 Å². The van der Waals surface area contributed by atoms with E-state index in [1.807, 2.05) is 34.6 Å². The third-order valence-corrected chi connectivity index (χ3v) is 3.78. The molecule has 1 aliphatic rings. The molecule has 17 heavy (non-hydrogen) atoms. The van der Waals surface area contributed by atoms with E-state index in [2.05, 4.69) is 0 Å². The Bertz CT molecular complexity index is 338. The maximum atomic E-state index is 12.2. The van der Waals surface area contributed by atoms with Crippen molar-refractivity contribution in [2.45, 2.75) is 53.6 Å². The number of ether oxygens (including phenoxy) is 2. The fourth-order valence-electron chi connectivity index (χ4n) is 1.36. The Kier molecular flexibility index (Phi) is 3.29. The molecule has 0 aliphatic carbocycles. The fraction of sp³-hybridized carbons (Fsp3) is 0.846. The van der Waals surface area contributed by atoms with Crippen molar-refractivity contribution < 1.29 is 19.1 Å². The topological polar surface area (TPSA) is 52.6 Å². The molecule has 98 valence electrons. The van der Waals surface area contributed by atoms with E-state index in [1.165, 1.54) is 0 Å². The van der Waals surface area contributed by atoms with Gasteiger partial charge in [0, 0.05) is 0 Å². The van der Waals surface area contributed by atoms with Gasteiger partial charge in [-0.15, -0.1) is 0 Å². The van der Waals surface area contributed by atoms with Crippen molar-refractivity contribution in [1.82, 2.24) is 0 Å². The molecule has 0 amide bonds. The molecular formula is C13H22O4. The van der Waals surface area contributed by atoms with Gasteiger partial charge in [-0.05, 0) is 26.2 Å². The highest BCUT2D eigenvalue weighted by atomic mass is 16.6. The summed E-state index contributed by atoms with van der Waals surface area (Å²) in [4.78, 5) is 23.3. The molecule has 0 N–H and O–H groups in total. The second kappa shape index (κ2) is 4.00. The first kappa shape index (κ1) is 14.0. The fourth-order valence-corrected chi connectivity index (χ4v) is 1.36. The van der Waals surface area contributed by atoms with E-state index in [-0.39, 0.29) is 30.4 Å². The van der Waals surface area contributed by atoms with Crippen LogP contribution < -0.4 is 0 Å². The Morgan fingerprint density at radius 1 is 1.29 bits per heavy atom. The minimum absolute atomic E-state index is 0.138.